The van der Waals surface area contributed by atoms with Gasteiger partial charge in [-0.15, -0.1) is 5.10 Å². The van der Waals surface area contributed by atoms with E-state index in [9.17, 15) is 18.0 Å². The van der Waals surface area contributed by atoms with Crippen LogP contribution in [0.3, 0.4) is 0 Å². The van der Waals surface area contributed by atoms with Crippen molar-refractivity contribution in [1.29, 1.82) is 0 Å². The Morgan fingerprint density at radius 1 is 1.15 bits per heavy atom. The monoisotopic (exact) mass is 461 g/mol. The van der Waals surface area contributed by atoms with Crippen LogP contribution in [0.4, 0.5) is 23.4 Å². The van der Waals surface area contributed by atoms with Crippen molar-refractivity contribution in [1.82, 2.24) is 20.1 Å². The fourth-order valence-electron chi connectivity index (χ4n) is 4.15. The van der Waals surface area contributed by atoms with Crippen molar-refractivity contribution >= 4 is 22.6 Å². The highest BCUT2D eigenvalue weighted by molar-refractivity contribution is 5.99. The average molecular weight is 461 g/mol. The van der Waals surface area contributed by atoms with Crippen LogP contribution in [0.2, 0.25) is 0 Å². The van der Waals surface area contributed by atoms with Crippen molar-refractivity contribution in [2.24, 2.45) is 0 Å². The van der Waals surface area contributed by atoms with Gasteiger partial charge >= 0.3 is 6.18 Å². The maximum Gasteiger partial charge on any atom is 0.435 e. The summed E-state index contributed by atoms with van der Waals surface area (Å²) in [5.74, 6) is -1.04. The Balaban J connectivity index is 1.50. The molecule has 0 atom stereocenters. The summed E-state index contributed by atoms with van der Waals surface area (Å²) in [4.78, 5) is 19.1. The molecule has 7 nitrogen and oxygen atoms in total. The van der Waals surface area contributed by atoms with Gasteiger partial charge in [0.05, 0.1) is 36.5 Å². The number of nitrogens with two attached hydrogens (primary N) is 1. The van der Waals surface area contributed by atoms with Gasteiger partial charge < -0.3 is 15.4 Å². The number of pyridine rings is 1. The summed E-state index contributed by atoms with van der Waals surface area (Å²) < 4.78 is 58.8. The molecule has 2 N–H and O–H groups in total. The minimum Gasteiger partial charge on any atom is -0.383 e. The number of benzene rings is 1. The first-order valence-electron chi connectivity index (χ1n) is 10.4. The molecular formula is C22H19F4N5O2. The summed E-state index contributed by atoms with van der Waals surface area (Å²) in [6.45, 7) is 0.504. The van der Waals surface area contributed by atoms with E-state index in [-0.39, 0.29) is 36.3 Å². The molecule has 3 heterocycles. The summed E-state index contributed by atoms with van der Waals surface area (Å²) in [7, 11) is 0. The molecule has 2 aliphatic rings. The predicted octanol–water partition coefficient (Wildman–Crippen LogP) is 3.99. The van der Waals surface area contributed by atoms with Gasteiger partial charge in [0, 0.05) is 23.1 Å². The van der Waals surface area contributed by atoms with E-state index in [1.807, 2.05) is 0 Å². The smallest absolute Gasteiger partial charge is 0.383 e. The van der Waals surface area contributed by atoms with Gasteiger partial charge in [-0.2, -0.15) is 18.3 Å². The molecule has 1 aliphatic carbocycles. The van der Waals surface area contributed by atoms with Gasteiger partial charge in [-0.3, -0.25) is 4.79 Å². The van der Waals surface area contributed by atoms with Crippen LogP contribution in [0, 0.1) is 5.82 Å². The highest BCUT2D eigenvalue weighted by atomic mass is 19.4. The van der Waals surface area contributed by atoms with Crippen molar-refractivity contribution in [2.45, 2.75) is 51.2 Å². The maximum atomic E-state index is 15.0. The van der Waals surface area contributed by atoms with Crippen molar-refractivity contribution in [3.63, 3.8) is 0 Å². The second-order valence-corrected chi connectivity index (χ2v) is 8.22. The number of aromatic nitrogens is 3. The van der Waals surface area contributed by atoms with E-state index < -0.39 is 23.6 Å². The standard InChI is InChI=1S/C22H19F4N5O2/c23-17-7-18-13(15-9-33-10-16(15)20(27)28-18)6-14(17)21(32)31(12-2-1-3-12)8-11-4-5-19(30-29-11)22(24,25)26/h4-7,12H,1-3,8-10H2,(H2,27,28). The number of anilines is 1. The van der Waals surface area contributed by atoms with Crippen molar-refractivity contribution in [3.05, 3.63) is 58.2 Å². The molecule has 33 heavy (non-hydrogen) atoms. The summed E-state index contributed by atoms with van der Waals surface area (Å²) in [6, 6.07) is 4.48. The third kappa shape index (κ3) is 3.86. The summed E-state index contributed by atoms with van der Waals surface area (Å²) in [5, 5.41) is 7.44. The molecule has 2 aromatic heterocycles. The van der Waals surface area contributed by atoms with Crippen LogP contribution < -0.4 is 5.73 Å². The molecular weight excluding hydrogens is 442 g/mol. The number of nitrogen functional groups attached to an aromatic ring is 1. The number of hydrogen-bond acceptors (Lipinski definition) is 6. The Morgan fingerprint density at radius 3 is 2.55 bits per heavy atom. The topological polar surface area (TPSA) is 94.2 Å². The van der Waals surface area contributed by atoms with E-state index in [2.05, 4.69) is 15.2 Å². The number of carbonyl (C=O) groups is 1. The number of hydrogen-bond donors (Lipinski definition) is 1. The Hall–Kier alpha value is -3.34. The molecule has 0 radical (unpaired) electrons. The van der Waals surface area contributed by atoms with E-state index in [0.717, 1.165) is 36.5 Å². The zero-order chi connectivity index (χ0) is 23.3. The van der Waals surface area contributed by atoms with E-state index in [1.165, 1.54) is 23.1 Å². The van der Waals surface area contributed by atoms with E-state index in [1.54, 1.807) is 0 Å². The Kier molecular flexibility index (Phi) is 5.15. The number of ether oxygens (including phenoxy) is 1. The lowest BCUT2D eigenvalue weighted by Crippen LogP contribution is -2.44. The number of nitrogens with zero attached hydrogens (tertiary/aromatic N) is 4. The van der Waals surface area contributed by atoms with Crippen LogP contribution in [0.5, 0.6) is 0 Å². The average Bonchev–Trinajstić information content (AvgIpc) is 3.22. The van der Waals surface area contributed by atoms with Crippen molar-refractivity contribution < 1.29 is 27.1 Å². The molecule has 0 unspecified atom stereocenters. The van der Waals surface area contributed by atoms with E-state index in [0.29, 0.717) is 17.5 Å². The van der Waals surface area contributed by atoms with Gasteiger partial charge in [0.1, 0.15) is 11.6 Å². The van der Waals surface area contributed by atoms with Crippen LogP contribution in [0.25, 0.3) is 10.9 Å². The van der Waals surface area contributed by atoms with Crippen LogP contribution >= 0.6 is 0 Å². The van der Waals surface area contributed by atoms with Crippen molar-refractivity contribution in [2.75, 3.05) is 5.73 Å². The van der Waals surface area contributed by atoms with Crippen LogP contribution in [-0.2, 0) is 30.7 Å². The maximum absolute atomic E-state index is 15.0. The molecule has 172 valence electrons. The Labute approximate surface area is 185 Å². The number of rotatable bonds is 4. The molecule has 1 saturated carbocycles. The Morgan fingerprint density at radius 2 is 1.91 bits per heavy atom. The lowest BCUT2D eigenvalue weighted by Gasteiger charge is -2.37. The summed E-state index contributed by atoms with van der Waals surface area (Å²) in [6.07, 6.45) is -2.27. The van der Waals surface area contributed by atoms with Gasteiger partial charge in [-0.05, 0) is 43.0 Å². The zero-order valence-corrected chi connectivity index (χ0v) is 17.3. The number of carbonyl (C=O) groups excluding carboxylic acids is 1. The number of fused-ring (bicyclic) bond motifs is 3. The Bertz CT molecular complexity index is 1240. The van der Waals surface area contributed by atoms with Crippen LogP contribution in [-0.4, -0.2) is 32.0 Å². The molecule has 1 fully saturated rings. The first-order chi connectivity index (χ1) is 15.7. The zero-order valence-electron chi connectivity index (χ0n) is 17.3. The molecule has 3 aromatic rings. The molecule has 11 heteroatoms. The van der Waals surface area contributed by atoms with Crippen molar-refractivity contribution in [3.8, 4) is 0 Å². The van der Waals surface area contributed by atoms with Crippen LogP contribution in [0.15, 0.2) is 24.3 Å². The molecule has 1 amide bonds. The molecule has 0 spiro atoms. The lowest BCUT2D eigenvalue weighted by molar-refractivity contribution is -0.141. The summed E-state index contributed by atoms with van der Waals surface area (Å²) >= 11 is 0. The highest BCUT2D eigenvalue weighted by Gasteiger charge is 2.34. The normalized spacial score (nSPS) is 16.0. The molecule has 5 rings (SSSR count). The first kappa shape index (κ1) is 21.5. The molecule has 0 bridgehead atoms. The fraction of sp³-hybridized carbons (Fsp3) is 0.364. The van der Waals surface area contributed by atoms with Crippen LogP contribution in [0.1, 0.15) is 52.1 Å². The predicted molar refractivity (Wildman–Crippen MR) is 109 cm³/mol. The third-order valence-corrected chi connectivity index (χ3v) is 6.17. The quantitative estimate of drug-likeness (QED) is 0.591. The second kappa shape index (κ2) is 7.91. The highest BCUT2D eigenvalue weighted by Crippen LogP contribution is 2.34. The minimum absolute atomic E-state index is 0.0761. The lowest BCUT2D eigenvalue weighted by atomic mass is 9.90. The van der Waals surface area contributed by atoms with Gasteiger partial charge in [-0.1, -0.05) is 0 Å². The SMILES string of the molecule is Nc1nc2cc(F)c(C(=O)N(Cc3ccc(C(F)(F)F)nn3)C3CCC3)cc2c2c1COC2. The van der Waals surface area contributed by atoms with Gasteiger partial charge in [-0.25, -0.2) is 9.37 Å². The number of alkyl halides is 3. The fourth-order valence-corrected chi connectivity index (χ4v) is 4.15. The van der Waals surface area contributed by atoms with Gasteiger partial charge in [0.25, 0.3) is 5.91 Å². The second-order valence-electron chi connectivity index (χ2n) is 8.22. The largest absolute Gasteiger partial charge is 0.435 e. The molecule has 0 saturated heterocycles. The molecule has 1 aromatic carbocycles. The van der Waals surface area contributed by atoms with E-state index >= 15 is 4.39 Å². The van der Waals surface area contributed by atoms with E-state index in [4.69, 9.17) is 10.5 Å². The third-order valence-electron chi connectivity index (χ3n) is 6.17. The summed E-state index contributed by atoms with van der Waals surface area (Å²) in [5.41, 5.74) is 6.71. The molecule has 1 aliphatic heterocycles. The van der Waals surface area contributed by atoms with Gasteiger partial charge in [0.15, 0.2) is 5.69 Å². The minimum atomic E-state index is -4.61. The number of amides is 1. The number of halogens is 4. The first-order valence-corrected chi connectivity index (χ1v) is 10.4. The van der Waals surface area contributed by atoms with Gasteiger partial charge in [0.2, 0.25) is 0 Å².